The standard InChI is InChI=1S/C11H12O.C7H15N/c1-7-3-4-10-9(5-7)6-8(2)11(10)12;1-2-7-3-5-8-6-4-7/h3-6,8,12H,1-2H3;7-8H,2-6H2,1H3. The number of benzene rings is 1. The van der Waals surface area contributed by atoms with Crippen LogP contribution in [-0.4, -0.2) is 18.2 Å². The molecule has 20 heavy (non-hydrogen) atoms. The second-order valence-electron chi connectivity index (χ2n) is 6.03. The molecular formula is C18H27NO. The number of aliphatic hydroxyl groups is 1. The van der Waals surface area contributed by atoms with Crippen LogP contribution in [0.1, 0.15) is 38.7 Å². The van der Waals surface area contributed by atoms with Crippen molar-refractivity contribution in [2.24, 2.45) is 11.8 Å². The minimum absolute atomic E-state index is 0.182. The highest BCUT2D eigenvalue weighted by Gasteiger charge is 2.11. The lowest BCUT2D eigenvalue weighted by molar-refractivity contribution is 0.365. The molecule has 2 aliphatic rings. The summed E-state index contributed by atoms with van der Waals surface area (Å²) in [5.74, 6) is 1.71. The molecule has 0 saturated carbocycles. The van der Waals surface area contributed by atoms with E-state index in [1.54, 1.807) is 0 Å². The number of aliphatic hydroxyl groups excluding tert-OH is 1. The zero-order chi connectivity index (χ0) is 14.5. The molecule has 0 radical (unpaired) electrons. The average molecular weight is 273 g/mol. The van der Waals surface area contributed by atoms with E-state index in [-0.39, 0.29) is 5.92 Å². The van der Waals surface area contributed by atoms with Crippen molar-refractivity contribution in [2.75, 3.05) is 13.1 Å². The third-order valence-electron chi connectivity index (χ3n) is 4.38. The maximum Gasteiger partial charge on any atom is 0.107 e. The highest BCUT2D eigenvalue weighted by atomic mass is 16.3. The molecule has 1 saturated heterocycles. The first kappa shape index (κ1) is 15.1. The van der Waals surface area contributed by atoms with Crippen LogP contribution in [0.3, 0.4) is 0 Å². The fraction of sp³-hybridized carbons (Fsp3) is 0.556. The Morgan fingerprint density at radius 1 is 1.25 bits per heavy atom. The van der Waals surface area contributed by atoms with Crippen LogP contribution in [0.25, 0.3) is 11.8 Å². The molecule has 1 aliphatic carbocycles. The summed E-state index contributed by atoms with van der Waals surface area (Å²) >= 11 is 0. The van der Waals surface area contributed by atoms with Crippen LogP contribution in [0.5, 0.6) is 0 Å². The number of nitrogens with one attached hydrogen (secondary N) is 1. The van der Waals surface area contributed by atoms with Crippen molar-refractivity contribution in [1.29, 1.82) is 0 Å². The van der Waals surface area contributed by atoms with Crippen molar-refractivity contribution in [2.45, 2.75) is 40.0 Å². The first-order chi connectivity index (χ1) is 9.61. The predicted molar refractivity (Wildman–Crippen MR) is 86.0 cm³/mol. The minimum Gasteiger partial charge on any atom is -0.511 e. The summed E-state index contributed by atoms with van der Waals surface area (Å²) in [6.07, 6.45) is 6.27. The van der Waals surface area contributed by atoms with Gasteiger partial charge < -0.3 is 10.4 Å². The van der Waals surface area contributed by atoms with Crippen molar-refractivity contribution < 1.29 is 5.11 Å². The van der Waals surface area contributed by atoms with E-state index in [1.165, 1.54) is 43.1 Å². The summed E-state index contributed by atoms with van der Waals surface area (Å²) in [4.78, 5) is 0. The summed E-state index contributed by atoms with van der Waals surface area (Å²) in [5.41, 5.74) is 1.24. The molecule has 2 nitrogen and oxygen atoms in total. The Morgan fingerprint density at radius 2 is 1.95 bits per heavy atom. The number of aryl methyl sites for hydroxylation is 1. The molecule has 0 aromatic heterocycles. The lowest BCUT2D eigenvalue weighted by Crippen LogP contribution is -2.27. The summed E-state index contributed by atoms with van der Waals surface area (Å²) < 4.78 is 0. The van der Waals surface area contributed by atoms with Crippen molar-refractivity contribution in [3.63, 3.8) is 0 Å². The van der Waals surface area contributed by atoms with E-state index in [0.29, 0.717) is 5.76 Å². The quantitative estimate of drug-likeness (QED) is 0.824. The van der Waals surface area contributed by atoms with Gasteiger partial charge in [0.15, 0.2) is 0 Å². The third-order valence-corrected chi connectivity index (χ3v) is 4.38. The molecule has 0 bridgehead atoms. The Hall–Kier alpha value is -1.28. The number of hydrogen-bond acceptors (Lipinski definition) is 2. The SMILES string of the molecule is CCC1CCNCC1.Cc1ccc2c(c1)=CC(C)C=2O. The second kappa shape index (κ2) is 6.94. The molecule has 1 fully saturated rings. The first-order valence-corrected chi connectivity index (χ1v) is 7.84. The van der Waals surface area contributed by atoms with Gasteiger partial charge in [-0.25, -0.2) is 0 Å². The Labute approximate surface area is 122 Å². The van der Waals surface area contributed by atoms with Crippen LogP contribution in [0, 0.1) is 18.8 Å². The van der Waals surface area contributed by atoms with Crippen LogP contribution in [0.2, 0.25) is 0 Å². The Morgan fingerprint density at radius 3 is 2.55 bits per heavy atom. The molecule has 1 atom stereocenters. The van der Waals surface area contributed by atoms with Gasteiger partial charge in [-0.3, -0.25) is 0 Å². The minimum atomic E-state index is 0.182. The number of hydrogen-bond donors (Lipinski definition) is 2. The molecule has 1 aliphatic heterocycles. The van der Waals surface area contributed by atoms with E-state index in [4.69, 9.17) is 0 Å². The van der Waals surface area contributed by atoms with Crippen LogP contribution in [-0.2, 0) is 0 Å². The fourth-order valence-corrected chi connectivity index (χ4v) is 2.94. The van der Waals surface area contributed by atoms with Gasteiger partial charge in [-0.1, -0.05) is 50.1 Å². The molecule has 1 aromatic carbocycles. The topological polar surface area (TPSA) is 32.3 Å². The van der Waals surface area contributed by atoms with E-state index < -0.39 is 0 Å². The molecule has 3 rings (SSSR count). The summed E-state index contributed by atoms with van der Waals surface area (Å²) in [6, 6.07) is 6.12. The van der Waals surface area contributed by atoms with Gasteiger partial charge in [0.1, 0.15) is 5.76 Å². The highest BCUT2D eigenvalue weighted by molar-refractivity contribution is 5.56. The largest absolute Gasteiger partial charge is 0.511 e. The molecule has 0 amide bonds. The van der Waals surface area contributed by atoms with Crippen molar-refractivity contribution >= 4 is 11.8 Å². The smallest absolute Gasteiger partial charge is 0.107 e. The van der Waals surface area contributed by atoms with Gasteiger partial charge in [0.2, 0.25) is 0 Å². The normalized spacial score (nSPS) is 21.8. The van der Waals surface area contributed by atoms with E-state index in [0.717, 1.165) is 11.1 Å². The molecular weight excluding hydrogens is 246 g/mol. The highest BCUT2D eigenvalue weighted by Crippen LogP contribution is 2.14. The monoisotopic (exact) mass is 273 g/mol. The third kappa shape index (κ3) is 3.63. The van der Waals surface area contributed by atoms with Gasteiger partial charge in [0.05, 0.1) is 0 Å². The summed E-state index contributed by atoms with van der Waals surface area (Å²) in [5, 5.41) is 15.1. The zero-order valence-electron chi connectivity index (χ0n) is 12.9. The van der Waals surface area contributed by atoms with Gasteiger partial charge in [-0.05, 0) is 44.0 Å². The van der Waals surface area contributed by atoms with E-state index in [9.17, 15) is 5.11 Å². The van der Waals surface area contributed by atoms with Crippen molar-refractivity contribution in [3.8, 4) is 0 Å². The van der Waals surface area contributed by atoms with Crippen molar-refractivity contribution in [3.05, 3.63) is 34.2 Å². The number of piperidine rings is 1. The first-order valence-electron chi connectivity index (χ1n) is 7.84. The number of fused-ring (bicyclic) bond motifs is 1. The Bertz CT molecular complexity index is 555. The molecule has 110 valence electrons. The van der Waals surface area contributed by atoms with Gasteiger partial charge in [-0.2, -0.15) is 0 Å². The summed E-state index contributed by atoms with van der Waals surface area (Å²) in [6.45, 7) is 8.85. The van der Waals surface area contributed by atoms with Crippen LogP contribution >= 0.6 is 0 Å². The molecule has 0 spiro atoms. The molecule has 1 aromatic rings. The average Bonchev–Trinajstić information content (AvgIpc) is 2.75. The van der Waals surface area contributed by atoms with Gasteiger partial charge >= 0.3 is 0 Å². The maximum absolute atomic E-state index is 9.63. The predicted octanol–water partition coefficient (Wildman–Crippen LogP) is 2.49. The summed E-state index contributed by atoms with van der Waals surface area (Å²) in [7, 11) is 0. The van der Waals surface area contributed by atoms with Crippen LogP contribution in [0.4, 0.5) is 0 Å². The lowest BCUT2D eigenvalue weighted by Gasteiger charge is -2.20. The van der Waals surface area contributed by atoms with Crippen LogP contribution < -0.4 is 15.8 Å². The van der Waals surface area contributed by atoms with E-state index in [2.05, 4.69) is 31.3 Å². The molecule has 2 heteroatoms. The van der Waals surface area contributed by atoms with E-state index >= 15 is 0 Å². The molecule has 1 unspecified atom stereocenters. The zero-order valence-corrected chi connectivity index (χ0v) is 12.9. The molecule has 2 N–H and O–H groups in total. The fourth-order valence-electron chi connectivity index (χ4n) is 2.94. The second-order valence-corrected chi connectivity index (χ2v) is 6.03. The van der Waals surface area contributed by atoms with Gasteiger partial charge in [0, 0.05) is 11.1 Å². The van der Waals surface area contributed by atoms with Gasteiger partial charge in [-0.15, -0.1) is 0 Å². The van der Waals surface area contributed by atoms with Gasteiger partial charge in [0.25, 0.3) is 0 Å². The Kier molecular flexibility index (Phi) is 5.24. The number of rotatable bonds is 1. The lowest BCUT2D eigenvalue weighted by atomic mass is 9.96. The maximum atomic E-state index is 9.63. The van der Waals surface area contributed by atoms with Crippen molar-refractivity contribution in [1.82, 2.24) is 5.32 Å². The van der Waals surface area contributed by atoms with E-state index in [1.807, 2.05) is 19.1 Å². The molecule has 1 heterocycles. The van der Waals surface area contributed by atoms with Crippen LogP contribution in [0.15, 0.2) is 18.2 Å². The Balaban J connectivity index is 0.000000160.